The van der Waals surface area contributed by atoms with Crippen molar-refractivity contribution in [3.63, 3.8) is 0 Å². The van der Waals surface area contributed by atoms with Crippen LogP contribution < -0.4 is 20.5 Å². The molecule has 0 spiro atoms. The van der Waals surface area contributed by atoms with Gasteiger partial charge in [-0.05, 0) is 74.7 Å². The Bertz CT molecular complexity index is 1880. The van der Waals surface area contributed by atoms with Gasteiger partial charge in [-0.15, -0.1) is 0 Å². The van der Waals surface area contributed by atoms with Crippen molar-refractivity contribution in [3.8, 4) is 11.5 Å². The Morgan fingerprint density at radius 3 is 2.05 bits per heavy atom. The third-order valence-corrected chi connectivity index (χ3v) is 11.3. The van der Waals surface area contributed by atoms with E-state index in [9.17, 15) is 9.59 Å². The number of rotatable bonds is 18. The van der Waals surface area contributed by atoms with Gasteiger partial charge in [0.25, 0.3) is 8.53 Å². The van der Waals surface area contributed by atoms with Crippen LogP contribution in [0.1, 0.15) is 64.0 Å². The smallest absolute Gasteiger partial charge is 0.351 e. The molecule has 14 heteroatoms. The third kappa shape index (κ3) is 9.96. The number of hydrogen-bond donors (Lipinski definition) is 1. The number of benzene rings is 3. The number of hydrogen-bond acceptors (Lipinski definition) is 10. The van der Waals surface area contributed by atoms with Crippen LogP contribution in [-0.2, 0) is 28.9 Å². The fourth-order valence-corrected chi connectivity index (χ4v) is 8.45. The second-order valence-electron chi connectivity index (χ2n) is 13.5. The van der Waals surface area contributed by atoms with Crippen LogP contribution in [0.25, 0.3) is 4.85 Å². The van der Waals surface area contributed by atoms with Crippen LogP contribution in [0.3, 0.4) is 0 Å². The Morgan fingerprint density at radius 2 is 1.55 bits per heavy atom. The summed E-state index contributed by atoms with van der Waals surface area (Å²) < 4.78 is 41.7. The van der Waals surface area contributed by atoms with E-state index in [1.807, 2.05) is 78.9 Å². The summed E-state index contributed by atoms with van der Waals surface area (Å²) in [6, 6.07) is 27.2. The lowest BCUT2D eigenvalue weighted by Crippen LogP contribution is -2.39. The molecule has 0 aliphatic carbocycles. The summed E-state index contributed by atoms with van der Waals surface area (Å²) >= 11 is 0. The molecule has 5 rings (SSSR count). The quantitative estimate of drug-likeness (QED) is 0.0481. The molecule has 0 saturated carbocycles. The van der Waals surface area contributed by atoms with Crippen molar-refractivity contribution in [1.82, 2.24) is 14.2 Å². The highest BCUT2D eigenvalue weighted by molar-refractivity contribution is 7.44. The first kappa shape index (κ1) is 41.5. The van der Waals surface area contributed by atoms with Gasteiger partial charge in [-0.25, -0.2) is 16.0 Å². The van der Waals surface area contributed by atoms with Gasteiger partial charge >= 0.3 is 5.69 Å². The summed E-state index contributed by atoms with van der Waals surface area (Å²) in [5, 5.41) is 2.56. The second-order valence-corrected chi connectivity index (χ2v) is 14.9. The topological polar surface area (TPSA) is 127 Å². The summed E-state index contributed by atoms with van der Waals surface area (Å²) in [6.45, 7) is 17.4. The predicted molar refractivity (Wildman–Crippen MR) is 211 cm³/mol. The molecule has 292 valence electrons. The Hall–Kier alpha value is -4.67. The van der Waals surface area contributed by atoms with Crippen molar-refractivity contribution in [2.24, 2.45) is 0 Å². The second kappa shape index (κ2) is 19.3. The van der Waals surface area contributed by atoms with Crippen molar-refractivity contribution in [1.29, 1.82) is 0 Å². The summed E-state index contributed by atoms with van der Waals surface area (Å²) in [5.74, 6) is 1.21. The highest BCUT2D eigenvalue weighted by Crippen LogP contribution is 2.50. The van der Waals surface area contributed by atoms with Crippen molar-refractivity contribution in [2.75, 3.05) is 39.3 Å². The Morgan fingerprint density at radius 1 is 0.964 bits per heavy atom. The van der Waals surface area contributed by atoms with E-state index < -0.39 is 38.3 Å². The van der Waals surface area contributed by atoms with Crippen molar-refractivity contribution >= 4 is 20.3 Å². The number of ether oxygens (including phenoxy) is 4. The average Bonchev–Trinajstić information content (AvgIpc) is 3.57. The van der Waals surface area contributed by atoms with E-state index in [1.54, 1.807) is 26.5 Å². The fraction of sp³-hybridized carbons (Fsp3) is 0.415. The maximum absolute atomic E-state index is 13.4. The maximum atomic E-state index is 13.4. The molecule has 1 amide bonds. The van der Waals surface area contributed by atoms with Crippen molar-refractivity contribution in [3.05, 3.63) is 130 Å². The SMILES string of the molecule is [C-]#[N+]CCOP(OC1C[C@H](n2ccc(NC(C)=O)nc2=O)O[C@@H]1COC(c1ccccc1)(c1ccc(OC)cc1)c1ccc(OC)cc1)N(C(C)C)C(C)C. The average molecular weight is 772 g/mol. The number of methoxy groups -OCH3 is 2. The zero-order valence-corrected chi connectivity index (χ0v) is 33.3. The molecule has 0 bridgehead atoms. The number of nitrogens with one attached hydrogen (secondary N) is 1. The van der Waals surface area contributed by atoms with E-state index in [1.165, 1.54) is 11.5 Å². The molecule has 4 aromatic rings. The van der Waals surface area contributed by atoms with E-state index in [0.717, 1.165) is 16.7 Å². The first-order valence-corrected chi connectivity index (χ1v) is 19.4. The van der Waals surface area contributed by atoms with Crippen molar-refractivity contribution in [2.45, 2.75) is 77.2 Å². The monoisotopic (exact) mass is 771 g/mol. The summed E-state index contributed by atoms with van der Waals surface area (Å²) in [7, 11) is 1.58. The Labute approximate surface area is 324 Å². The Kier molecular flexibility index (Phi) is 14.5. The number of carbonyl (C=O) groups excluding carboxylic acids is 1. The lowest BCUT2D eigenvalue weighted by Gasteiger charge is -2.39. The number of nitrogens with zero attached hydrogens (tertiary/aromatic N) is 4. The highest BCUT2D eigenvalue weighted by Gasteiger charge is 2.45. The van der Waals surface area contributed by atoms with Gasteiger partial charge in [-0.1, -0.05) is 54.6 Å². The summed E-state index contributed by atoms with van der Waals surface area (Å²) in [5.41, 5.74) is 0.848. The number of aromatic nitrogens is 2. The van der Waals surface area contributed by atoms with Crippen LogP contribution in [0.2, 0.25) is 0 Å². The molecule has 1 aromatic heterocycles. The lowest BCUT2D eigenvalue weighted by atomic mass is 9.80. The van der Waals surface area contributed by atoms with E-state index >= 15 is 0 Å². The van der Waals surface area contributed by atoms with Gasteiger partial charge in [0.1, 0.15) is 41.9 Å². The molecule has 55 heavy (non-hydrogen) atoms. The minimum absolute atomic E-state index is 0.0366. The molecule has 1 saturated heterocycles. The molecule has 1 aliphatic rings. The van der Waals surface area contributed by atoms with E-state index in [4.69, 9.17) is 34.6 Å². The standard InChI is InChI=1S/C41H50N5O8P/c1-28(2)46(29(3)4)55(52-25-23-42-6)54-36-26-39(45-24-22-38(43-30(5)47)44-40(45)48)53-37(36)27-51-41(31-12-10-9-11-13-31,32-14-18-34(49-7)19-15-32)33-16-20-35(50-8)21-17-33/h9-22,24,28-29,36-37,39H,23,25-27H2,1-5,7-8H3,(H,43,44,47,48)/t36?,37-,39-,55?/m1/s1. The highest BCUT2D eigenvalue weighted by atomic mass is 31.2. The molecule has 1 N–H and O–H groups in total. The van der Waals surface area contributed by atoms with Crippen LogP contribution in [-0.4, -0.2) is 78.4 Å². The van der Waals surface area contributed by atoms with Gasteiger partial charge in [0.2, 0.25) is 12.5 Å². The van der Waals surface area contributed by atoms with Gasteiger partial charge in [0, 0.05) is 31.6 Å². The zero-order valence-electron chi connectivity index (χ0n) is 32.4. The molecule has 1 fully saturated rings. The zero-order chi connectivity index (χ0) is 39.5. The van der Waals surface area contributed by atoms with Gasteiger partial charge in [-0.3, -0.25) is 9.36 Å². The third-order valence-electron chi connectivity index (χ3n) is 9.14. The minimum atomic E-state index is -1.67. The van der Waals surface area contributed by atoms with E-state index in [2.05, 4.69) is 47.5 Å². The molecule has 1 aliphatic heterocycles. The number of anilines is 1. The normalized spacial score (nSPS) is 17.7. The van der Waals surface area contributed by atoms with Gasteiger partial charge in [-0.2, -0.15) is 4.98 Å². The van der Waals surface area contributed by atoms with Crippen molar-refractivity contribution < 1.29 is 32.8 Å². The fourth-order valence-electron chi connectivity index (χ4n) is 6.70. The number of amides is 1. The molecule has 2 heterocycles. The van der Waals surface area contributed by atoms with Gasteiger partial charge in [0.15, 0.2) is 0 Å². The van der Waals surface area contributed by atoms with Crippen LogP contribution in [0, 0.1) is 6.57 Å². The molecular weight excluding hydrogens is 721 g/mol. The lowest BCUT2D eigenvalue weighted by molar-refractivity contribution is -0.114. The molecule has 13 nitrogen and oxygen atoms in total. The molecule has 0 radical (unpaired) electrons. The van der Waals surface area contributed by atoms with Crippen LogP contribution in [0.5, 0.6) is 11.5 Å². The number of carbonyl (C=O) groups is 1. The minimum Gasteiger partial charge on any atom is -0.497 e. The van der Waals surface area contributed by atoms with Crippen LogP contribution in [0.15, 0.2) is 95.9 Å². The van der Waals surface area contributed by atoms with Gasteiger partial charge in [0.05, 0.1) is 26.9 Å². The van der Waals surface area contributed by atoms with Gasteiger partial charge < -0.3 is 38.2 Å². The Balaban J connectivity index is 1.59. The van der Waals surface area contributed by atoms with Crippen LogP contribution in [0.4, 0.5) is 5.82 Å². The summed E-state index contributed by atoms with van der Waals surface area (Å²) in [4.78, 5) is 32.6. The van der Waals surface area contributed by atoms with E-state index in [0.29, 0.717) is 11.5 Å². The molecule has 3 aromatic carbocycles. The molecule has 4 atom stereocenters. The molecular formula is C41H50N5O8P. The largest absolute Gasteiger partial charge is 0.497 e. The summed E-state index contributed by atoms with van der Waals surface area (Å²) in [6.07, 6.45) is -0.246. The first-order valence-electron chi connectivity index (χ1n) is 18.2. The first-order chi connectivity index (χ1) is 26.5. The molecule has 2 unspecified atom stereocenters. The van der Waals surface area contributed by atoms with Crippen LogP contribution >= 0.6 is 8.53 Å². The maximum Gasteiger partial charge on any atom is 0.351 e. The van der Waals surface area contributed by atoms with E-state index in [-0.39, 0.29) is 50.0 Å². The predicted octanol–water partition coefficient (Wildman–Crippen LogP) is 7.18.